The number of nitrogen functional groups attached to an aromatic ring is 1. The Hall–Kier alpha value is -1.25. The van der Waals surface area contributed by atoms with Crippen molar-refractivity contribution in [2.45, 2.75) is 24.8 Å². The molecule has 0 aliphatic rings. The van der Waals surface area contributed by atoms with E-state index in [-0.39, 0.29) is 0 Å². The highest BCUT2D eigenvalue weighted by atomic mass is 32.2. The fraction of sp³-hybridized carbons (Fsp3) is 0.333. The number of aryl methyl sites for hydroxylation is 2. The molecule has 0 aliphatic carbocycles. The summed E-state index contributed by atoms with van der Waals surface area (Å²) in [6.07, 6.45) is 0. The molecule has 0 aliphatic heterocycles. The first-order chi connectivity index (χ1) is 8.17. The Morgan fingerprint density at radius 2 is 2.00 bits per heavy atom. The smallest absolute Gasteiger partial charge is 0.219 e. The van der Waals surface area contributed by atoms with Crippen LogP contribution in [0.4, 0.5) is 5.13 Å². The van der Waals surface area contributed by atoms with Crippen molar-refractivity contribution in [2.24, 2.45) is 5.84 Å². The summed E-state index contributed by atoms with van der Waals surface area (Å²) in [5.41, 5.74) is 4.42. The van der Waals surface area contributed by atoms with Gasteiger partial charge in [0.2, 0.25) is 5.13 Å². The highest BCUT2D eigenvalue weighted by Crippen LogP contribution is 2.23. The van der Waals surface area contributed by atoms with Gasteiger partial charge < -0.3 is 0 Å². The molecule has 90 valence electrons. The van der Waals surface area contributed by atoms with Crippen LogP contribution in [0.25, 0.3) is 0 Å². The number of hydrogen-bond acceptors (Lipinski definition) is 8. The molecule has 0 saturated carbocycles. The minimum absolute atomic E-state index is 0.613. The Balaban J connectivity index is 2.01. The normalized spacial score (nSPS) is 10.5. The third kappa shape index (κ3) is 3.35. The number of aromatic nitrogens is 4. The second kappa shape index (κ2) is 5.39. The molecular formula is C9H12N6S2. The van der Waals surface area contributed by atoms with Gasteiger partial charge in [-0.3, -0.25) is 5.43 Å². The van der Waals surface area contributed by atoms with Gasteiger partial charge in [0.05, 0.1) is 5.75 Å². The molecule has 0 unspecified atom stereocenters. The van der Waals surface area contributed by atoms with Gasteiger partial charge in [0.15, 0.2) is 5.16 Å². The quantitative estimate of drug-likeness (QED) is 0.376. The van der Waals surface area contributed by atoms with Gasteiger partial charge in [-0.15, -0.1) is 10.2 Å². The number of hydrazine groups is 1. The predicted octanol–water partition coefficient (Wildman–Crippen LogP) is 1.52. The molecule has 3 N–H and O–H groups in total. The zero-order valence-electron chi connectivity index (χ0n) is 9.47. The van der Waals surface area contributed by atoms with Crippen molar-refractivity contribution < 1.29 is 0 Å². The van der Waals surface area contributed by atoms with Gasteiger partial charge in [0, 0.05) is 11.4 Å². The Labute approximate surface area is 107 Å². The van der Waals surface area contributed by atoms with Crippen LogP contribution in [0.3, 0.4) is 0 Å². The number of anilines is 1. The van der Waals surface area contributed by atoms with Crippen LogP contribution in [0, 0.1) is 13.8 Å². The van der Waals surface area contributed by atoms with E-state index in [0.29, 0.717) is 10.9 Å². The molecule has 0 amide bonds. The Morgan fingerprint density at radius 3 is 2.59 bits per heavy atom. The van der Waals surface area contributed by atoms with Crippen molar-refractivity contribution in [3.05, 3.63) is 22.5 Å². The average Bonchev–Trinajstić information content (AvgIpc) is 2.73. The topological polar surface area (TPSA) is 89.6 Å². The summed E-state index contributed by atoms with van der Waals surface area (Å²) in [7, 11) is 0. The molecular weight excluding hydrogens is 256 g/mol. The van der Waals surface area contributed by atoms with Crippen LogP contribution in [-0.2, 0) is 5.75 Å². The molecule has 0 atom stereocenters. The highest BCUT2D eigenvalue weighted by molar-refractivity contribution is 7.98. The van der Waals surface area contributed by atoms with Gasteiger partial charge in [-0.05, 0) is 19.9 Å². The van der Waals surface area contributed by atoms with Gasteiger partial charge in [0.1, 0.15) is 5.01 Å². The van der Waals surface area contributed by atoms with Crippen molar-refractivity contribution >= 4 is 28.2 Å². The SMILES string of the molecule is Cc1cc(C)nc(SCc2nnc(NN)s2)n1. The number of nitrogens with one attached hydrogen (secondary N) is 1. The zero-order chi connectivity index (χ0) is 12.3. The minimum Gasteiger partial charge on any atom is -0.298 e. The second-order valence-electron chi connectivity index (χ2n) is 3.37. The number of nitrogens with two attached hydrogens (primary N) is 1. The summed E-state index contributed by atoms with van der Waals surface area (Å²) >= 11 is 2.97. The lowest BCUT2D eigenvalue weighted by Gasteiger charge is -2.00. The Kier molecular flexibility index (Phi) is 3.87. The van der Waals surface area contributed by atoms with E-state index in [1.165, 1.54) is 11.3 Å². The van der Waals surface area contributed by atoms with Crippen LogP contribution in [0.5, 0.6) is 0 Å². The molecule has 8 heteroatoms. The van der Waals surface area contributed by atoms with Crippen molar-refractivity contribution in [3.63, 3.8) is 0 Å². The molecule has 2 rings (SSSR count). The predicted molar refractivity (Wildman–Crippen MR) is 68.8 cm³/mol. The monoisotopic (exact) mass is 268 g/mol. The third-order valence-electron chi connectivity index (χ3n) is 1.88. The van der Waals surface area contributed by atoms with E-state index in [0.717, 1.165) is 21.6 Å². The molecule has 0 spiro atoms. The highest BCUT2D eigenvalue weighted by Gasteiger charge is 2.06. The van der Waals surface area contributed by atoms with Crippen molar-refractivity contribution in [3.8, 4) is 0 Å². The molecule has 0 saturated heterocycles. The molecule has 2 aromatic heterocycles. The summed E-state index contributed by atoms with van der Waals surface area (Å²) in [6, 6.07) is 1.95. The number of nitrogens with zero attached hydrogens (tertiary/aromatic N) is 4. The second-order valence-corrected chi connectivity index (χ2v) is 5.37. The largest absolute Gasteiger partial charge is 0.298 e. The summed E-state index contributed by atoms with van der Waals surface area (Å²) in [4.78, 5) is 8.69. The third-order valence-corrected chi connectivity index (χ3v) is 3.77. The Morgan fingerprint density at radius 1 is 1.29 bits per heavy atom. The molecule has 0 radical (unpaired) electrons. The van der Waals surface area contributed by atoms with E-state index >= 15 is 0 Å². The minimum atomic E-state index is 0.613. The lowest BCUT2D eigenvalue weighted by atomic mass is 10.4. The molecule has 0 aromatic carbocycles. The summed E-state index contributed by atoms with van der Waals surface area (Å²) in [5, 5.41) is 10.1. The first-order valence-electron chi connectivity index (χ1n) is 4.91. The number of rotatable bonds is 4. The van der Waals surface area contributed by atoms with Crippen molar-refractivity contribution in [2.75, 3.05) is 5.43 Å². The fourth-order valence-corrected chi connectivity index (χ4v) is 2.84. The molecule has 2 aromatic rings. The lowest BCUT2D eigenvalue weighted by Crippen LogP contribution is -2.05. The van der Waals surface area contributed by atoms with Gasteiger partial charge in [-0.25, -0.2) is 15.8 Å². The average molecular weight is 268 g/mol. The first kappa shape index (κ1) is 12.2. The summed E-state index contributed by atoms with van der Waals surface area (Å²) < 4.78 is 0. The van der Waals surface area contributed by atoms with Gasteiger partial charge in [-0.1, -0.05) is 23.1 Å². The summed E-state index contributed by atoms with van der Waals surface area (Å²) in [5.74, 6) is 5.93. The van der Waals surface area contributed by atoms with Crippen LogP contribution in [0.2, 0.25) is 0 Å². The van der Waals surface area contributed by atoms with E-state index in [4.69, 9.17) is 5.84 Å². The van der Waals surface area contributed by atoms with Gasteiger partial charge in [0.25, 0.3) is 0 Å². The van der Waals surface area contributed by atoms with E-state index in [1.54, 1.807) is 11.8 Å². The van der Waals surface area contributed by atoms with Crippen molar-refractivity contribution in [1.29, 1.82) is 0 Å². The zero-order valence-corrected chi connectivity index (χ0v) is 11.1. The maximum absolute atomic E-state index is 5.24. The standard InChI is InChI=1S/C9H12N6S2/c1-5-3-6(2)12-8(11-5)16-4-7-14-15-9(13-10)17-7/h3H,4,10H2,1-2H3,(H,13,15). The van der Waals surface area contributed by atoms with Crippen LogP contribution in [0.15, 0.2) is 11.2 Å². The maximum atomic E-state index is 5.24. The van der Waals surface area contributed by atoms with Crippen LogP contribution in [-0.4, -0.2) is 20.2 Å². The molecule has 17 heavy (non-hydrogen) atoms. The van der Waals surface area contributed by atoms with Crippen LogP contribution < -0.4 is 11.3 Å². The van der Waals surface area contributed by atoms with Crippen molar-refractivity contribution in [1.82, 2.24) is 20.2 Å². The van der Waals surface area contributed by atoms with Gasteiger partial charge in [-0.2, -0.15) is 0 Å². The summed E-state index contributed by atoms with van der Waals surface area (Å²) in [6.45, 7) is 3.92. The fourth-order valence-electron chi connectivity index (χ4n) is 1.25. The van der Waals surface area contributed by atoms with Crippen LogP contribution in [0.1, 0.15) is 16.4 Å². The first-order valence-corrected chi connectivity index (χ1v) is 6.71. The van der Waals surface area contributed by atoms with E-state index < -0.39 is 0 Å². The molecule has 2 heterocycles. The Bertz CT molecular complexity index is 492. The molecule has 0 fully saturated rings. The number of hydrogen-bond donors (Lipinski definition) is 2. The van der Waals surface area contributed by atoms with E-state index in [9.17, 15) is 0 Å². The molecule has 6 nitrogen and oxygen atoms in total. The number of thioether (sulfide) groups is 1. The van der Waals surface area contributed by atoms with E-state index in [1.807, 2.05) is 19.9 Å². The van der Waals surface area contributed by atoms with Gasteiger partial charge >= 0.3 is 0 Å². The lowest BCUT2D eigenvalue weighted by molar-refractivity contribution is 0.901. The van der Waals surface area contributed by atoms with Crippen LogP contribution >= 0.6 is 23.1 Å². The maximum Gasteiger partial charge on any atom is 0.219 e. The van der Waals surface area contributed by atoms with E-state index in [2.05, 4.69) is 25.6 Å². The molecule has 0 bridgehead atoms.